The number of hydrogen-bond donors (Lipinski definition) is 2. The Labute approximate surface area is 183 Å². The molecule has 2 aliphatic carbocycles. The summed E-state index contributed by atoms with van der Waals surface area (Å²) in [4.78, 5) is 25.2. The van der Waals surface area contributed by atoms with Gasteiger partial charge in [-0.3, -0.25) is 9.59 Å². The van der Waals surface area contributed by atoms with Gasteiger partial charge in [-0.1, -0.05) is 23.9 Å². The SMILES string of the molecule is O=C(CSc1nnc(C2CC2)n1C1CC1)Nc1ccccc1C(=O)NCc1ccco1. The Kier molecular flexibility index (Phi) is 5.50. The second kappa shape index (κ2) is 8.58. The van der Waals surface area contributed by atoms with Crippen LogP contribution in [0, 0.1) is 0 Å². The lowest BCUT2D eigenvalue weighted by Gasteiger charge is -2.11. The van der Waals surface area contributed by atoms with E-state index in [4.69, 9.17) is 4.42 Å². The molecule has 0 bridgehead atoms. The third-order valence-electron chi connectivity index (χ3n) is 5.33. The van der Waals surface area contributed by atoms with Crippen LogP contribution in [-0.4, -0.2) is 32.3 Å². The van der Waals surface area contributed by atoms with Gasteiger partial charge >= 0.3 is 0 Å². The van der Waals surface area contributed by atoms with Gasteiger partial charge in [0.1, 0.15) is 11.6 Å². The molecular formula is C22H23N5O3S. The molecule has 9 heteroatoms. The van der Waals surface area contributed by atoms with E-state index in [1.807, 2.05) is 0 Å². The average molecular weight is 438 g/mol. The van der Waals surface area contributed by atoms with E-state index in [0.717, 1.165) is 23.8 Å². The zero-order chi connectivity index (χ0) is 21.2. The van der Waals surface area contributed by atoms with Gasteiger partial charge in [-0.05, 0) is 49.9 Å². The molecule has 2 heterocycles. The molecule has 0 unspecified atom stereocenters. The van der Waals surface area contributed by atoms with Crippen molar-refractivity contribution >= 4 is 29.3 Å². The molecule has 160 valence electrons. The van der Waals surface area contributed by atoms with E-state index >= 15 is 0 Å². The fourth-order valence-electron chi connectivity index (χ4n) is 3.46. The minimum atomic E-state index is -0.275. The van der Waals surface area contributed by atoms with Crippen molar-refractivity contribution in [1.82, 2.24) is 20.1 Å². The first-order chi connectivity index (χ1) is 15.2. The fraction of sp³-hybridized carbons (Fsp3) is 0.364. The van der Waals surface area contributed by atoms with E-state index in [1.165, 1.54) is 24.6 Å². The van der Waals surface area contributed by atoms with Crippen LogP contribution in [0.25, 0.3) is 0 Å². The van der Waals surface area contributed by atoms with Crippen molar-refractivity contribution in [3.63, 3.8) is 0 Å². The molecule has 1 aromatic carbocycles. The van der Waals surface area contributed by atoms with Crippen molar-refractivity contribution in [3.8, 4) is 0 Å². The summed E-state index contributed by atoms with van der Waals surface area (Å²) in [5.74, 6) is 2.01. The second-order valence-electron chi connectivity index (χ2n) is 7.86. The first kappa shape index (κ1) is 19.9. The van der Waals surface area contributed by atoms with Gasteiger partial charge in [-0.2, -0.15) is 0 Å². The Balaban J connectivity index is 1.21. The van der Waals surface area contributed by atoms with Gasteiger partial charge in [0.2, 0.25) is 5.91 Å². The Morgan fingerprint density at radius 3 is 2.68 bits per heavy atom. The number of hydrogen-bond acceptors (Lipinski definition) is 6. The van der Waals surface area contributed by atoms with E-state index in [-0.39, 0.29) is 24.1 Å². The van der Waals surface area contributed by atoms with Gasteiger partial charge in [0.25, 0.3) is 5.91 Å². The number of rotatable bonds is 9. The van der Waals surface area contributed by atoms with Crippen LogP contribution < -0.4 is 10.6 Å². The number of para-hydroxylation sites is 1. The van der Waals surface area contributed by atoms with Crippen LogP contribution in [0.5, 0.6) is 0 Å². The minimum Gasteiger partial charge on any atom is -0.467 e. The zero-order valence-corrected chi connectivity index (χ0v) is 17.7. The van der Waals surface area contributed by atoms with E-state index in [2.05, 4.69) is 25.4 Å². The molecule has 2 saturated carbocycles. The predicted molar refractivity (Wildman–Crippen MR) is 116 cm³/mol. The van der Waals surface area contributed by atoms with Gasteiger partial charge in [0.05, 0.1) is 29.8 Å². The zero-order valence-electron chi connectivity index (χ0n) is 16.9. The Morgan fingerprint density at radius 2 is 1.94 bits per heavy atom. The molecule has 3 aromatic rings. The highest BCUT2D eigenvalue weighted by Crippen LogP contribution is 2.46. The normalized spacial score (nSPS) is 15.6. The topological polar surface area (TPSA) is 102 Å². The van der Waals surface area contributed by atoms with E-state index in [1.54, 1.807) is 42.7 Å². The molecule has 31 heavy (non-hydrogen) atoms. The summed E-state index contributed by atoms with van der Waals surface area (Å²) in [5.41, 5.74) is 0.886. The number of benzene rings is 1. The van der Waals surface area contributed by atoms with Gasteiger partial charge in [-0.15, -0.1) is 10.2 Å². The van der Waals surface area contributed by atoms with Crippen LogP contribution in [0.2, 0.25) is 0 Å². The highest BCUT2D eigenvalue weighted by atomic mass is 32.2. The molecule has 0 spiro atoms. The van der Waals surface area contributed by atoms with Gasteiger partial charge in [0, 0.05) is 12.0 Å². The standard InChI is InChI=1S/C22H23N5O3S/c28-19(13-31-22-26-25-20(14-7-8-14)27(22)15-9-10-15)24-18-6-2-1-5-17(18)21(29)23-12-16-4-3-11-30-16/h1-6,11,14-15H,7-10,12-13H2,(H,23,29)(H,24,28). The Bertz CT molecular complexity index is 1090. The van der Waals surface area contributed by atoms with Crippen LogP contribution >= 0.6 is 11.8 Å². The molecule has 0 aliphatic heterocycles. The first-order valence-corrected chi connectivity index (χ1v) is 11.4. The van der Waals surface area contributed by atoms with Crippen molar-refractivity contribution in [2.24, 2.45) is 0 Å². The predicted octanol–water partition coefficient (Wildman–Crippen LogP) is 3.74. The summed E-state index contributed by atoms with van der Waals surface area (Å²) in [6.07, 6.45) is 6.21. The average Bonchev–Trinajstić information content (AvgIpc) is 3.71. The number of carbonyl (C=O) groups is 2. The lowest BCUT2D eigenvalue weighted by molar-refractivity contribution is -0.113. The van der Waals surface area contributed by atoms with Crippen molar-refractivity contribution in [2.75, 3.05) is 11.1 Å². The van der Waals surface area contributed by atoms with Crippen molar-refractivity contribution < 1.29 is 14.0 Å². The van der Waals surface area contributed by atoms with Gasteiger partial charge < -0.3 is 19.6 Å². The van der Waals surface area contributed by atoms with E-state index < -0.39 is 0 Å². The number of thioether (sulfide) groups is 1. The Morgan fingerprint density at radius 1 is 1.10 bits per heavy atom. The van der Waals surface area contributed by atoms with E-state index in [9.17, 15) is 9.59 Å². The molecule has 0 saturated heterocycles. The fourth-order valence-corrected chi connectivity index (χ4v) is 4.28. The van der Waals surface area contributed by atoms with Crippen LogP contribution in [0.3, 0.4) is 0 Å². The molecule has 2 aromatic heterocycles. The lowest BCUT2D eigenvalue weighted by Crippen LogP contribution is -2.25. The molecule has 2 aliphatic rings. The number of aromatic nitrogens is 3. The Hall–Kier alpha value is -3.07. The molecule has 2 fully saturated rings. The summed E-state index contributed by atoms with van der Waals surface area (Å²) >= 11 is 1.40. The maximum Gasteiger partial charge on any atom is 0.253 e. The minimum absolute atomic E-state index is 0.186. The summed E-state index contributed by atoms with van der Waals surface area (Å²) in [6.45, 7) is 0.282. The molecule has 8 nitrogen and oxygen atoms in total. The summed E-state index contributed by atoms with van der Waals surface area (Å²) < 4.78 is 7.47. The van der Waals surface area contributed by atoms with Crippen molar-refractivity contribution in [2.45, 2.75) is 49.3 Å². The highest BCUT2D eigenvalue weighted by molar-refractivity contribution is 7.99. The molecular weight excluding hydrogens is 414 g/mol. The lowest BCUT2D eigenvalue weighted by atomic mass is 10.1. The number of amides is 2. The smallest absolute Gasteiger partial charge is 0.253 e. The largest absolute Gasteiger partial charge is 0.467 e. The van der Waals surface area contributed by atoms with Crippen molar-refractivity contribution in [3.05, 3.63) is 59.8 Å². The van der Waals surface area contributed by atoms with Crippen LogP contribution in [-0.2, 0) is 11.3 Å². The second-order valence-corrected chi connectivity index (χ2v) is 8.80. The monoisotopic (exact) mass is 437 g/mol. The molecule has 5 rings (SSSR count). The molecule has 2 N–H and O–H groups in total. The third-order valence-corrected chi connectivity index (χ3v) is 6.27. The van der Waals surface area contributed by atoms with Gasteiger partial charge in [-0.25, -0.2) is 0 Å². The van der Waals surface area contributed by atoms with E-state index in [0.29, 0.717) is 29.0 Å². The number of carbonyl (C=O) groups excluding carboxylic acids is 2. The number of nitrogens with one attached hydrogen (secondary N) is 2. The molecule has 0 atom stereocenters. The van der Waals surface area contributed by atoms with Crippen LogP contribution in [0.4, 0.5) is 5.69 Å². The maximum absolute atomic E-state index is 12.6. The number of nitrogens with zero attached hydrogens (tertiary/aromatic N) is 3. The summed E-state index contributed by atoms with van der Waals surface area (Å²) in [7, 11) is 0. The first-order valence-electron chi connectivity index (χ1n) is 10.5. The van der Waals surface area contributed by atoms with Crippen LogP contribution in [0.1, 0.15) is 59.6 Å². The van der Waals surface area contributed by atoms with Crippen molar-refractivity contribution in [1.29, 1.82) is 0 Å². The quantitative estimate of drug-likeness (QED) is 0.495. The molecule has 0 radical (unpaired) electrons. The van der Waals surface area contributed by atoms with Gasteiger partial charge in [0.15, 0.2) is 5.16 Å². The summed E-state index contributed by atoms with van der Waals surface area (Å²) in [6, 6.07) is 11.0. The van der Waals surface area contributed by atoms with Crippen LogP contribution in [0.15, 0.2) is 52.2 Å². The highest BCUT2D eigenvalue weighted by Gasteiger charge is 2.36. The summed E-state index contributed by atoms with van der Waals surface area (Å²) in [5, 5.41) is 15.2. The third kappa shape index (κ3) is 4.66. The maximum atomic E-state index is 12.6. The number of anilines is 1. The number of furan rings is 1. The molecule has 2 amide bonds.